The molecule has 0 aliphatic carbocycles. The molecule has 4 nitrogen and oxygen atoms in total. The van der Waals surface area contributed by atoms with Crippen LogP contribution in [0.5, 0.6) is 0 Å². The highest BCUT2D eigenvalue weighted by Gasteiger charge is 2.14. The highest BCUT2D eigenvalue weighted by Crippen LogP contribution is 2.23. The second kappa shape index (κ2) is 4.63. The van der Waals surface area contributed by atoms with Crippen molar-refractivity contribution in [1.82, 2.24) is 14.5 Å². The molecular weight excluding hydrogens is 226 g/mol. The molecule has 2 rings (SSSR count). The second-order valence-corrected chi connectivity index (χ2v) is 3.98. The van der Waals surface area contributed by atoms with E-state index < -0.39 is 6.10 Å². The standard InChI is InChI=1S/C11H12ClN3O/c1-15-5-4-14-11(15)6-10(16)8-2-3-13-7-9(8)12/h2-5,7,10,16H,6H2,1H3. The summed E-state index contributed by atoms with van der Waals surface area (Å²) in [6, 6.07) is 1.72. The maximum absolute atomic E-state index is 10.0. The maximum Gasteiger partial charge on any atom is 0.111 e. The SMILES string of the molecule is Cn1ccnc1CC(O)c1ccncc1Cl. The van der Waals surface area contributed by atoms with Crippen LogP contribution >= 0.6 is 11.6 Å². The number of hydrogen-bond donors (Lipinski definition) is 1. The second-order valence-electron chi connectivity index (χ2n) is 3.57. The first kappa shape index (κ1) is 11.1. The topological polar surface area (TPSA) is 50.9 Å². The Bertz CT molecular complexity index is 484. The fourth-order valence-electron chi connectivity index (χ4n) is 1.53. The zero-order valence-electron chi connectivity index (χ0n) is 8.84. The number of halogens is 1. The summed E-state index contributed by atoms with van der Waals surface area (Å²) in [4.78, 5) is 8.03. The van der Waals surface area contributed by atoms with Gasteiger partial charge >= 0.3 is 0 Å². The minimum absolute atomic E-state index is 0.438. The summed E-state index contributed by atoms with van der Waals surface area (Å²) < 4.78 is 1.87. The number of pyridine rings is 1. The Labute approximate surface area is 98.5 Å². The molecule has 0 aromatic carbocycles. The lowest BCUT2D eigenvalue weighted by atomic mass is 10.1. The predicted molar refractivity (Wildman–Crippen MR) is 61.1 cm³/mol. The lowest BCUT2D eigenvalue weighted by molar-refractivity contribution is 0.175. The lowest BCUT2D eigenvalue weighted by Gasteiger charge is -2.11. The number of imidazole rings is 1. The van der Waals surface area contributed by atoms with E-state index in [-0.39, 0.29) is 0 Å². The van der Waals surface area contributed by atoms with Crippen LogP contribution < -0.4 is 0 Å². The molecule has 0 saturated carbocycles. The molecular formula is C11H12ClN3O. The Morgan fingerprint density at radius 3 is 2.94 bits per heavy atom. The van der Waals surface area contributed by atoms with Gasteiger partial charge in [0.1, 0.15) is 5.82 Å². The Morgan fingerprint density at radius 2 is 2.31 bits per heavy atom. The van der Waals surface area contributed by atoms with Crippen LogP contribution in [0.1, 0.15) is 17.5 Å². The third-order valence-electron chi connectivity index (χ3n) is 2.46. The maximum atomic E-state index is 10.0. The van der Waals surface area contributed by atoms with Crippen LogP contribution in [-0.4, -0.2) is 19.6 Å². The largest absolute Gasteiger partial charge is 0.388 e. The Morgan fingerprint density at radius 1 is 1.50 bits per heavy atom. The normalized spacial score (nSPS) is 12.7. The Hall–Kier alpha value is -1.39. The number of aliphatic hydroxyl groups is 1. The molecule has 0 radical (unpaired) electrons. The Balaban J connectivity index is 2.18. The van der Waals surface area contributed by atoms with E-state index in [9.17, 15) is 5.11 Å². The number of hydrogen-bond acceptors (Lipinski definition) is 3. The van der Waals surface area contributed by atoms with E-state index in [1.807, 2.05) is 17.8 Å². The molecule has 2 aromatic rings. The van der Waals surface area contributed by atoms with E-state index >= 15 is 0 Å². The van der Waals surface area contributed by atoms with E-state index in [4.69, 9.17) is 11.6 Å². The van der Waals surface area contributed by atoms with Gasteiger partial charge in [-0.3, -0.25) is 4.98 Å². The van der Waals surface area contributed by atoms with Gasteiger partial charge in [-0.15, -0.1) is 0 Å². The zero-order valence-corrected chi connectivity index (χ0v) is 9.59. The van der Waals surface area contributed by atoms with Crippen molar-refractivity contribution < 1.29 is 5.11 Å². The van der Waals surface area contributed by atoms with E-state index in [2.05, 4.69) is 9.97 Å². The minimum Gasteiger partial charge on any atom is -0.388 e. The molecule has 2 heterocycles. The Kier molecular flexibility index (Phi) is 3.22. The van der Waals surface area contributed by atoms with Crippen LogP contribution in [0.25, 0.3) is 0 Å². The fraction of sp³-hybridized carbons (Fsp3) is 0.273. The fourth-order valence-corrected chi connectivity index (χ4v) is 1.78. The van der Waals surface area contributed by atoms with Crippen molar-refractivity contribution in [1.29, 1.82) is 0 Å². The molecule has 0 bridgehead atoms. The van der Waals surface area contributed by atoms with Crippen molar-refractivity contribution >= 4 is 11.6 Å². The smallest absolute Gasteiger partial charge is 0.111 e. The minimum atomic E-state index is -0.656. The van der Waals surface area contributed by atoms with Gasteiger partial charge in [-0.25, -0.2) is 4.98 Å². The number of aryl methyl sites for hydroxylation is 1. The summed E-state index contributed by atoms with van der Waals surface area (Å²) in [5.74, 6) is 0.820. The van der Waals surface area contributed by atoms with E-state index in [1.165, 1.54) is 6.20 Å². The van der Waals surface area contributed by atoms with Gasteiger partial charge in [0, 0.05) is 43.8 Å². The van der Waals surface area contributed by atoms with Gasteiger partial charge in [-0.2, -0.15) is 0 Å². The van der Waals surface area contributed by atoms with Gasteiger partial charge in [0.05, 0.1) is 11.1 Å². The summed E-state index contributed by atoms with van der Waals surface area (Å²) >= 11 is 5.95. The van der Waals surface area contributed by atoms with Crippen molar-refractivity contribution in [2.24, 2.45) is 7.05 Å². The molecule has 1 atom stereocenters. The molecule has 1 unspecified atom stereocenters. The quantitative estimate of drug-likeness (QED) is 0.885. The number of rotatable bonds is 3. The average molecular weight is 238 g/mol. The van der Waals surface area contributed by atoms with E-state index in [0.717, 1.165) is 5.82 Å². The van der Waals surface area contributed by atoms with Crippen LogP contribution in [0.2, 0.25) is 5.02 Å². The van der Waals surface area contributed by atoms with E-state index in [0.29, 0.717) is 17.0 Å². The van der Waals surface area contributed by atoms with Crippen molar-refractivity contribution in [3.05, 3.63) is 47.3 Å². The molecule has 5 heteroatoms. The molecule has 0 spiro atoms. The number of aromatic nitrogens is 3. The summed E-state index contributed by atoms with van der Waals surface area (Å²) in [7, 11) is 1.89. The molecule has 0 fully saturated rings. The molecule has 2 aromatic heterocycles. The van der Waals surface area contributed by atoms with Crippen molar-refractivity contribution in [2.45, 2.75) is 12.5 Å². The van der Waals surface area contributed by atoms with Crippen molar-refractivity contribution in [3.8, 4) is 0 Å². The number of nitrogens with zero attached hydrogens (tertiary/aromatic N) is 3. The molecule has 16 heavy (non-hydrogen) atoms. The molecule has 0 aliphatic rings. The van der Waals surface area contributed by atoms with Gasteiger partial charge in [0.2, 0.25) is 0 Å². The monoisotopic (exact) mass is 237 g/mol. The average Bonchev–Trinajstić information content (AvgIpc) is 2.65. The van der Waals surface area contributed by atoms with Crippen LogP contribution in [0.15, 0.2) is 30.9 Å². The summed E-state index contributed by atoms with van der Waals surface area (Å²) in [5.41, 5.74) is 0.680. The third-order valence-corrected chi connectivity index (χ3v) is 2.78. The van der Waals surface area contributed by atoms with Gasteiger partial charge in [0.15, 0.2) is 0 Å². The highest BCUT2D eigenvalue weighted by atomic mass is 35.5. The molecule has 84 valence electrons. The van der Waals surface area contributed by atoms with Crippen LogP contribution in [-0.2, 0) is 13.5 Å². The first-order chi connectivity index (χ1) is 7.68. The van der Waals surface area contributed by atoms with Gasteiger partial charge in [-0.1, -0.05) is 11.6 Å². The zero-order chi connectivity index (χ0) is 11.5. The first-order valence-corrected chi connectivity index (χ1v) is 5.30. The summed E-state index contributed by atoms with van der Waals surface area (Å²) in [6.07, 6.45) is 6.47. The third kappa shape index (κ3) is 2.23. The van der Waals surface area contributed by atoms with Crippen molar-refractivity contribution in [2.75, 3.05) is 0 Å². The van der Waals surface area contributed by atoms with Crippen LogP contribution in [0.4, 0.5) is 0 Å². The van der Waals surface area contributed by atoms with Gasteiger partial charge in [-0.05, 0) is 6.07 Å². The first-order valence-electron chi connectivity index (χ1n) is 4.92. The molecule has 1 N–H and O–H groups in total. The highest BCUT2D eigenvalue weighted by molar-refractivity contribution is 6.31. The van der Waals surface area contributed by atoms with Gasteiger partial charge < -0.3 is 9.67 Å². The van der Waals surface area contributed by atoms with E-state index in [1.54, 1.807) is 18.5 Å². The number of aliphatic hydroxyl groups excluding tert-OH is 1. The predicted octanol–water partition coefficient (Wildman–Crippen LogP) is 1.74. The molecule has 0 aliphatic heterocycles. The van der Waals surface area contributed by atoms with Gasteiger partial charge in [0.25, 0.3) is 0 Å². The molecule has 0 saturated heterocycles. The van der Waals surface area contributed by atoms with Crippen molar-refractivity contribution in [3.63, 3.8) is 0 Å². The van der Waals surface area contributed by atoms with Crippen LogP contribution in [0, 0.1) is 0 Å². The molecule has 0 amide bonds. The van der Waals surface area contributed by atoms with Crippen LogP contribution in [0.3, 0.4) is 0 Å². The summed E-state index contributed by atoms with van der Waals surface area (Å²) in [5, 5.41) is 10.5. The summed E-state index contributed by atoms with van der Waals surface area (Å²) in [6.45, 7) is 0. The lowest BCUT2D eigenvalue weighted by Crippen LogP contribution is -2.07.